The lowest BCUT2D eigenvalue weighted by Gasteiger charge is -2.06. The average molecular weight is 245 g/mol. The van der Waals surface area contributed by atoms with Crippen LogP contribution in [0.3, 0.4) is 0 Å². The van der Waals surface area contributed by atoms with Gasteiger partial charge in [0.15, 0.2) is 6.29 Å². The highest BCUT2D eigenvalue weighted by Gasteiger charge is 2.01. The molecule has 1 rings (SSSR count). The highest BCUT2D eigenvalue weighted by molar-refractivity contribution is 9.10. The standard InChI is InChI=1S/C9H9BrO3/c1-12-9-6-7(13-5-4-11)2-3-8(9)10/h2-4,6H,5H2,1H3. The third kappa shape index (κ3) is 2.73. The van der Waals surface area contributed by atoms with E-state index >= 15 is 0 Å². The van der Waals surface area contributed by atoms with E-state index in [1.807, 2.05) is 0 Å². The van der Waals surface area contributed by atoms with Gasteiger partial charge in [0.25, 0.3) is 0 Å². The Bertz CT molecular complexity index is 299. The number of ether oxygens (including phenoxy) is 2. The van der Waals surface area contributed by atoms with E-state index in [0.717, 1.165) is 4.47 Å². The topological polar surface area (TPSA) is 35.5 Å². The van der Waals surface area contributed by atoms with Crippen LogP contribution < -0.4 is 9.47 Å². The Morgan fingerprint density at radius 3 is 2.92 bits per heavy atom. The van der Waals surface area contributed by atoms with Gasteiger partial charge in [-0.15, -0.1) is 0 Å². The van der Waals surface area contributed by atoms with Crippen molar-refractivity contribution in [1.82, 2.24) is 0 Å². The predicted molar refractivity (Wildman–Crippen MR) is 52.3 cm³/mol. The maximum absolute atomic E-state index is 10.0. The lowest BCUT2D eigenvalue weighted by Crippen LogP contribution is -1.97. The minimum Gasteiger partial charge on any atom is -0.495 e. The number of hydrogen-bond acceptors (Lipinski definition) is 3. The van der Waals surface area contributed by atoms with E-state index in [9.17, 15) is 4.79 Å². The van der Waals surface area contributed by atoms with Crippen LogP contribution in [0.15, 0.2) is 22.7 Å². The molecule has 0 aromatic heterocycles. The molecule has 1 aromatic rings. The summed E-state index contributed by atoms with van der Waals surface area (Å²) in [6, 6.07) is 5.28. The smallest absolute Gasteiger partial charge is 0.157 e. The summed E-state index contributed by atoms with van der Waals surface area (Å²) in [5.74, 6) is 1.30. The van der Waals surface area contributed by atoms with Crippen LogP contribution in [0.5, 0.6) is 11.5 Å². The summed E-state index contributed by atoms with van der Waals surface area (Å²) in [4.78, 5) is 10.0. The van der Waals surface area contributed by atoms with Gasteiger partial charge in [0.1, 0.15) is 18.1 Å². The van der Waals surface area contributed by atoms with Crippen molar-refractivity contribution in [3.05, 3.63) is 22.7 Å². The zero-order valence-corrected chi connectivity index (χ0v) is 8.71. The molecule has 13 heavy (non-hydrogen) atoms. The van der Waals surface area contributed by atoms with Crippen molar-refractivity contribution in [2.24, 2.45) is 0 Å². The number of aldehydes is 1. The first-order chi connectivity index (χ1) is 6.27. The number of rotatable bonds is 4. The summed E-state index contributed by atoms with van der Waals surface area (Å²) in [5, 5.41) is 0. The molecule has 0 saturated heterocycles. The molecular formula is C9H9BrO3. The minimum absolute atomic E-state index is 0.0603. The van der Waals surface area contributed by atoms with Crippen LogP contribution >= 0.6 is 15.9 Å². The number of benzene rings is 1. The van der Waals surface area contributed by atoms with Crippen LogP contribution in [0.25, 0.3) is 0 Å². The number of halogens is 1. The number of methoxy groups -OCH3 is 1. The van der Waals surface area contributed by atoms with Crippen LogP contribution in [0.4, 0.5) is 0 Å². The van der Waals surface area contributed by atoms with Crippen molar-refractivity contribution in [3.8, 4) is 11.5 Å². The van der Waals surface area contributed by atoms with E-state index in [2.05, 4.69) is 15.9 Å². The van der Waals surface area contributed by atoms with Gasteiger partial charge in [0.05, 0.1) is 11.6 Å². The monoisotopic (exact) mass is 244 g/mol. The lowest BCUT2D eigenvalue weighted by atomic mass is 10.3. The molecule has 0 spiro atoms. The van der Waals surface area contributed by atoms with Crippen LogP contribution in [-0.4, -0.2) is 20.0 Å². The largest absolute Gasteiger partial charge is 0.495 e. The highest BCUT2D eigenvalue weighted by atomic mass is 79.9. The summed E-state index contributed by atoms with van der Waals surface area (Å²) in [5.41, 5.74) is 0. The third-order valence-electron chi connectivity index (χ3n) is 1.44. The molecule has 0 aliphatic rings. The average Bonchev–Trinajstić information content (AvgIpc) is 2.16. The second-order valence-corrected chi connectivity index (χ2v) is 3.13. The highest BCUT2D eigenvalue weighted by Crippen LogP contribution is 2.28. The van der Waals surface area contributed by atoms with Crippen LogP contribution in [0.2, 0.25) is 0 Å². The molecule has 0 aliphatic carbocycles. The van der Waals surface area contributed by atoms with Gasteiger partial charge in [-0.05, 0) is 28.1 Å². The van der Waals surface area contributed by atoms with E-state index < -0.39 is 0 Å². The molecule has 0 saturated carbocycles. The summed E-state index contributed by atoms with van der Waals surface area (Å²) >= 11 is 3.31. The van der Waals surface area contributed by atoms with Crippen molar-refractivity contribution in [3.63, 3.8) is 0 Å². The third-order valence-corrected chi connectivity index (χ3v) is 2.10. The van der Waals surface area contributed by atoms with Gasteiger partial charge in [0.2, 0.25) is 0 Å². The van der Waals surface area contributed by atoms with E-state index in [1.54, 1.807) is 25.3 Å². The van der Waals surface area contributed by atoms with E-state index in [0.29, 0.717) is 17.8 Å². The molecule has 3 nitrogen and oxygen atoms in total. The zero-order chi connectivity index (χ0) is 9.68. The van der Waals surface area contributed by atoms with Crippen molar-refractivity contribution in [2.45, 2.75) is 0 Å². The van der Waals surface area contributed by atoms with Gasteiger partial charge in [-0.2, -0.15) is 0 Å². The molecule has 70 valence electrons. The van der Waals surface area contributed by atoms with Crippen molar-refractivity contribution < 1.29 is 14.3 Å². The molecular weight excluding hydrogens is 236 g/mol. The maximum atomic E-state index is 10.0. The van der Waals surface area contributed by atoms with Crippen molar-refractivity contribution >= 4 is 22.2 Å². The normalized spacial score (nSPS) is 9.38. The summed E-state index contributed by atoms with van der Waals surface area (Å²) in [6.07, 6.45) is 0.703. The van der Waals surface area contributed by atoms with E-state index in [-0.39, 0.29) is 6.61 Å². The molecule has 0 amide bonds. The molecule has 0 bridgehead atoms. The lowest BCUT2D eigenvalue weighted by molar-refractivity contribution is -0.109. The van der Waals surface area contributed by atoms with Gasteiger partial charge < -0.3 is 9.47 Å². The fourth-order valence-corrected chi connectivity index (χ4v) is 1.27. The quantitative estimate of drug-likeness (QED) is 0.761. The predicted octanol–water partition coefficient (Wildman–Crippen LogP) is 2.04. The molecule has 0 fully saturated rings. The van der Waals surface area contributed by atoms with Crippen LogP contribution in [0, 0.1) is 0 Å². The molecule has 4 heteroatoms. The number of carbonyl (C=O) groups is 1. The fraction of sp³-hybridized carbons (Fsp3) is 0.222. The second-order valence-electron chi connectivity index (χ2n) is 2.27. The van der Waals surface area contributed by atoms with Gasteiger partial charge >= 0.3 is 0 Å². The Labute approximate surface area is 84.8 Å². The Hall–Kier alpha value is -1.03. The SMILES string of the molecule is COc1cc(OCC=O)ccc1Br. The molecule has 0 radical (unpaired) electrons. The maximum Gasteiger partial charge on any atom is 0.157 e. The summed E-state index contributed by atoms with van der Waals surface area (Å²) in [7, 11) is 1.57. The van der Waals surface area contributed by atoms with Gasteiger partial charge in [0, 0.05) is 6.07 Å². The van der Waals surface area contributed by atoms with Gasteiger partial charge in [-0.1, -0.05) is 0 Å². The van der Waals surface area contributed by atoms with Gasteiger partial charge in [-0.3, -0.25) is 4.79 Å². The number of hydrogen-bond donors (Lipinski definition) is 0. The molecule has 1 aromatic carbocycles. The Balaban J connectivity index is 2.79. The van der Waals surface area contributed by atoms with Crippen LogP contribution in [-0.2, 0) is 4.79 Å². The second kappa shape index (κ2) is 4.87. The molecule has 0 aliphatic heterocycles. The Morgan fingerprint density at radius 1 is 1.54 bits per heavy atom. The van der Waals surface area contributed by atoms with E-state index in [4.69, 9.17) is 9.47 Å². The first-order valence-electron chi connectivity index (χ1n) is 3.68. The molecule has 0 heterocycles. The van der Waals surface area contributed by atoms with Crippen molar-refractivity contribution in [2.75, 3.05) is 13.7 Å². The number of carbonyl (C=O) groups excluding carboxylic acids is 1. The Kier molecular flexibility index (Phi) is 3.76. The summed E-state index contributed by atoms with van der Waals surface area (Å²) in [6.45, 7) is 0.0603. The van der Waals surface area contributed by atoms with Gasteiger partial charge in [-0.25, -0.2) is 0 Å². The summed E-state index contributed by atoms with van der Waals surface area (Å²) < 4.78 is 11.0. The van der Waals surface area contributed by atoms with Crippen LogP contribution in [0.1, 0.15) is 0 Å². The first-order valence-corrected chi connectivity index (χ1v) is 4.47. The molecule has 0 N–H and O–H groups in total. The Morgan fingerprint density at radius 2 is 2.31 bits per heavy atom. The molecule has 0 unspecified atom stereocenters. The fourth-order valence-electron chi connectivity index (χ4n) is 0.860. The first kappa shape index (κ1) is 10.1. The molecule has 0 atom stereocenters. The zero-order valence-electron chi connectivity index (χ0n) is 7.12. The van der Waals surface area contributed by atoms with Crippen molar-refractivity contribution in [1.29, 1.82) is 0 Å². The van der Waals surface area contributed by atoms with E-state index in [1.165, 1.54) is 0 Å². The minimum atomic E-state index is 0.0603.